The lowest BCUT2D eigenvalue weighted by Crippen LogP contribution is -2.20. The maximum Gasteiger partial charge on any atom is 0.242 e. The van der Waals surface area contributed by atoms with E-state index in [-0.39, 0.29) is 11.8 Å². The molecule has 0 spiro atoms. The van der Waals surface area contributed by atoms with Crippen LogP contribution in [0.3, 0.4) is 0 Å². The minimum Gasteiger partial charge on any atom is -0.497 e. The summed E-state index contributed by atoms with van der Waals surface area (Å²) in [6.07, 6.45) is 0. The van der Waals surface area contributed by atoms with Crippen molar-refractivity contribution in [1.29, 1.82) is 0 Å². The summed E-state index contributed by atoms with van der Waals surface area (Å²) < 4.78 is 7.45. The van der Waals surface area contributed by atoms with Crippen molar-refractivity contribution in [3.8, 4) is 22.8 Å². The Hall–Kier alpha value is -4.36. The molecule has 0 saturated heterocycles. The van der Waals surface area contributed by atoms with Crippen LogP contribution in [0, 0.1) is 13.8 Å². The van der Waals surface area contributed by atoms with Gasteiger partial charge in [0, 0.05) is 11.3 Å². The smallest absolute Gasteiger partial charge is 0.242 e. The number of aromatic nitrogens is 3. The Morgan fingerprint density at radius 2 is 1.51 bits per heavy atom. The van der Waals surface area contributed by atoms with E-state index in [4.69, 9.17) is 4.74 Å². The number of rotatable bonds is 9. The second-order valence-electron chi connectivity index (χ2n) is 10.4. The number of hydrogen-bond acceptors (Lipinski definition) is 5. The summed E-state index contributed by atoms with van der Waals surface area (Å²) in [7, 11) is 1.65. The molecule has 1 amide bonds. The number of anilines is 1. The molecule has 1 atom stereocenters. The van der Waals surface area contributed by atoms with Gasteiger partial charge >= 0.3 is 0 Å². The van der Waals surface area contributed by atoms with Gasteiger partial charge in [-0.05, 0) is 84.5 Å². The minimum absolute atomic E-state index is 0.121. The summed E-state index contributed by atoms with van der Waals surface area (Å²) in [5.41, 5.74) is 6.91. The molecule has 41 heavy (non-hydrogen) atoms. The van der Waals surface area contributed by atoms with Crippen LogP contribution in [0.5, 0.6) is 5.75 Å². The number of hydrogen-bond donors (Lipinski definition) is 1. The van der Waals surface area contributed by atoms with E-state index in [1.807, 2.05) is 92.7 Å². The Labute approximate surface area is 245 Å². The normalized spacial score (nSPS) is 11.9. The van der Waals surface area contributed by atoms with Gasteiger partial charge < -0.3 is 10.1 Å². The first-order valence-electron chi connectivity index (χ1n) is 13.6. The van der Waals surface area contributed by atoms with Crippen LogP contribution < -0.4 is 10.1 Å². The fourth-order valence-electron chi connectivity index (χ4n) is 4.93. The van der Waals surface area contributed by atoms with E-state index in [9.17, 15) is 4.79 Å². The molecule has 1 unspecified atom stereocenters. The molecule has 4 aromatic carbocycles. The number of carbonyl (C=O) groups is 1. The quantitative estimate of drug-likeness (QED) is 0.184. The maximum absolute atomic E-state index is 13.9. The molecule has 1 aromatic heterocycles. The number of nitrogens with zero attached hydrogens (tertiary/aromatic N) is 3. The van der Waals surface area contributed by atoms with Gasteiger partial charge in [-0.25, -0.2) is 0 Å². The number of benzene rings is 4. The first kappa shape index (κ1) is 28.2. The average molecular weight is 563 g/mol. The zero-order valence-corrected chi connectivity index (χ0v) is 24.8. The van der Waals surface area contributed by atoms with Crippen molar-refractivity contribution in [3.05, 3.63) is 119 Å². The van der Waals surface area contributed by atoms with Crippen molar-refractivity contribution in [2.45, 2.75) is 44.0 Å². The van der Waals surface area contributed by atoms with Crippen LogP contribution >= 0.6 is 11.8 Å². The summed E-state index contributed by atoms with van der Waals surface area (Å²) in [6.45, 7) is 8.41. The van der Waals surface area contributed by atoms with Crippen LogP contribution in [0.25, 0.3) is 17.1 Å². The van der Waals surface area contributed by atoms with Gasteiger partial charge in [0.25, 0.3) is 0 Å². The highest BCUT2D eigenvalue weighted by molar-refractivity contribution is 8.00. The van der Waals surface area contributed by atoms with Crippen LogP contribution in [0.1, 0.15) is 47.3 Å². The second-order valence-corrected chi connectivity index (χ2v) is 11.4. The number of ether oxygens (including phenoxy) is 1. The maximum atomic E-state index is 13.9. The van der Waals surface area contributed by atoms with Crippen LogP contribution in [-0.2, 0) is 4.79 Å². The van der Waals surface area contributed by atoms with Crippen LogP contribution in [0.4, 0.5) is 5.69 Å². The highest BCUT2D eigenvalue weighted by Crippen LogP contribution is 2.39. The number of amides is 1. The largest absolute Gasteiger partial charge is 0.497 e. The zero-order chi connectivity index (χ0) is 28.9. The molecule has 1 N–H and O–H groups in total. The molecule has 0 bridgehead atoms. The van der Waals surface area contributed by atoms with E-state index >= 15 is 0 Å². The molecule has 7 heteroatoms. The summed E-state index contributed by atoms with van der Waals surface area (Å²) in [6, 6.07) is 32.0. The number of para-hydroxylation sites is 1. The van der Waals surface area contributed by atoms with Crippen LogP contribution in [0.2, 0.25) is 0 Å². The number of aryl methyl sites for hydroxylation is 2. The Balaban J connectivity index is 1.61. The molecule has 5 rings (SSSR count). The first-order valence-corrected chi connectivity index (χ1v) is 14.5. The van der Waals surface area contributed by atoms with Gasteiger partial charge in [0.1, 0.15) is 11.0 Å². The standard InChI is InChI=1S/C34H34N4O2S/c1-22(2)29-13-9-10-14-30(29)38-32(26-15-17-28(40-5)18-16-26)36-37-34(38)41-31(25-11-7-6-8-12-25)33(39)35-27-20-23(3)19-24(4)21-27/h6-22,31H,1-5H3,(H,35,39). The molecule has 0 aliphatic rings. The number of carbonyl (C=O) groups excluding carboxylic acids is 1. The monoisotopic (exact) mass is 562 g/mol. The molecular weight excluding hydrogens is 528 g/mol. The predicted molar refractivity (Wildman–Crippen MR) is 167 cm³/mol. The van der Waals surface area contributed by atoms with E-state index < -0.39 is 5.25 Å². The van der Waals surface area contributed by atoms with Gasteiger partial charge in [0.05, 0.1) is 12.8 Å². The molecule has 0 fully saturated rings. The average Bonchev–Trinajstić information content (AvgIpc) is 3.39. The molecule has 0 radical (unpaired) electrons. The lowest BCUT2D eigenvalue weighted by atomic mass is 10.0. The first-order chi connectivity index (χ1) is 19.8. The number of thioether (sulfide) groups is 1. The zero-order valence-electron chi connectivity index (χ0n) is 24.0. The molecule has 0 aliphatic carbocycles. The van der Waals surface area contributed by atoms with Crippen molar-refractivity contribution in [3.63, 3.8) is 0 Å². The van der Waals surface area contributed by atoms with Gasteiger partial charge in [-0.3, -0.25) is 9.36 Å². The lowest BCUT2D eigenvalue weighted by Gasteiger charge is -2.20. The molecule has 0 aliphatic heterocycles. The third kappa shape index (κ3) is 6.36. The minimum atomic E-state index is -0.560. The Morgan fingerprint density at radius 3 is 2.17 bits per heavy atom. The van der Waals surface area contributed by atoms with Gasteiger partial charge in [-0.1, -0.05) is 80.2 Å². The second kappa shape index (κ2) is 12.4. The SMILES string of the molecule is COc1ccc(-c2nnc(SC(C(=O)Nc3cc(C)cc(C)c3)c3ccccc3)n2-c2ccccc2C(C)C)cc1. The highest BCUT2D eigenvalue weighted by Gasteiger charge is 2.28. The Morgan fingerprint density at radius 1 is 0.854 bits per heavy atom. The van der Waals surface area contributed by atoms with Crippen LogP contribution in [-0.4, -0.2) is 27.8 Å². The molecule has 6 nitrogen and oxygen atoms in total. The van der Waals surface area contributed by atoms with Gasteiger partial charge in [-0.2, -0.15) is 0 Å². The molecular formula is C34H34N4O2S. The van der Waals surface area contributed by atoms with Gasteiger partial charge in [0.15, 0.2) is 11.0 Å². The Bertz CT molecular complexity index is 1630. The van der Waals surface area contributed by atoms with E-state index in [0.717, 1.165) is 39.4 Å². The summed E-state index contributed by atoms with van der Waals surface area (Å²) in [5, 5.41) is 12.5. The summed E-state index contributed by atoms with van der Waals surface area (Å²) in [4.78, 5) is 13.9. The fraction of sp³-hybridized carbons (Fsp3) is 0.206. The van der Waals surface area contributed by atoms with E-state index in [0.29, 0.717) is 11.0 Å². The number of methoxy groups -OCH3 is 1. The molecule has 1 heterocycles. The van der Waals surface area contributed by atoms with Crippen molar-refractivity contribution < 1.29 is 9.53 Å². The fourth-order valence-corrected chi connectivity index (χ4v) is 5.98. The number of nitrogens with one attached hydrogen (secondary N) is 1. The van der Waals surface area contributed by atoms with Gasteiger partial charge in [-0.15, -0.1) is 10.2 Å². The lowest BCUT2D eigenvalue weighted by molar-refractivity contribution is -0.115. The molecule has 0 saturated carbocycles. The third-order valence-corrected chi connectivity index (χ3v) is 8.03. The molecule has 208 valence electrons. The van der Waals surface area contributed by atoms with Gasteiger partial charge in [0.2, 0.25) is 5.91 Å². The van der Waals surface area contributed by atoms with Crippen molar-refractivity contribution in [2.24, 2.45) is 0 Å². The summed E-state index contributed by atoms with van der Waals surface area (Å²) in [5.74, 6) is 1.62. The highest BCUT2D eigenvalue weighted by atomic mass is 32.2. The van der Waals surface area contributed by atoms with Crippen molar-refractivity contribution in [1.82, 2.24) is 14.8 Å². The molecule has 5 aromatic rings. The third-order valence-electron chi connectivity index (χ3n) is 6.83. The topological polar surface area (TPSA) is 69.0 Å². The van der Waals surface area contributed by atoms with Crippen molar-refractivity contribution in [2.75, 3.05) is 12.4 Å². The van der Waals surface area contributed by atoms with E-state index in [2.05, 4.69) is 52.1 Å². The van der Waals surface area contributed by atoms with Crippen molar-refractivity contribution >= 4 is 23.4 Å². The van der Waals surface area contributed by atoms with E-state index in [1.165, 1.54) is 17.3 Å². The predicted octanol–water partition coefficient (Wildman–Crippen LogP) is 8.16. The summed E-state index contributed by atoms with van der Waals surface area (Å²) >= 11 is 1.40. The van der Waals surface area contributed by atoms with E-state index in [1.54, 1.807) is 7.11 Å². The van der Waals surface area contributed by atoms with Crippen LogP contribution in [0.15, 0.2) is 102 Å². The Kier molecular flexibility index (Phi) is 8.55.